The lowest BCUT2D eigenvalue weighted by atomic mass is 10.0. The van der Waals surface area contributed by atoms with Crippen molar-refractivity contribution in [3.8, 4) is 5.75 Å². The predicted octanol–water partition coefficient (Wildman–Crippen LogP) is 4.30. The van der Waals surface area contributed by atoms with Crippen LogP contribution in [0.3, 0.4) is 0 Å². The molecule has 0 spiro atoms. The Balaban J connectivity index is 2.51. The van der Waals surface area contributed by atoms with E-state index in [4.69, 9.17) is 84.8 Å². The van der Waals surface area contributed by atoms with Crippen molar-refractivity contribution in [2.45, 2.75) is 20.0 Å². The molecule has 0 fully saturated rings. The Kier molecular flexibility index (Phi) is 5.02. The third-order valence-corrected chi connectivity index (χ3v) is 3.76. The second-order valence-corrected chi connectivity index (χ2v) is 8.90. The van der Waals surface area contributed by atoms with E-state index < -0.39 is 25.9 Å². The molecule has 0 radical (unpaired) electrons. The third kappa shape index (κ3) is 3.94. The summed E-state index contributed by atoms with van der Waals surface area (Å²) in [5.74, 6) is -0.386. The summed E-state index contributed by atoms with van der Waals surface area (Å²) in [5, 5.41) is 0. The maximum absolute atomic E-state index is 11.2. The molecule has 1 heterocycles. The van der Waals surface area contributed by atoms with E-state index in [0.29, 0.717) is 5.56 Å². The number of halogens is 6. The molecular weight excluding hydrogens is 407 g/mol. The molecule has 2 rings (SSSR count). The highest BCUT2D eigenvalue weighted by Gasteiger charge is 2.48. The van der Waals surface area contributed by atoms with Gasteiger partial charge in [-0.2, -0.15) is 0 Å². The lowest BCUT2D eigenvalue weighted by Crippen LogP contribution is -2.42. The molecule has 0 bridgehead atoms. The minimum Gasteiger partial charge on any atom is -0.460 e. The van der Waals surface area contributed by atoms with Gasteiger partial charge < -0.3 is 15.2 Å². The first-order valence-corrected chi connectivity index (χ1v) is 7.66. The lowest BCUT2D eigenvalue weighted by Gasteiger charge is -2.38. The van der Waals surface area contributed by atoms with Crippen LogP contribution in [0.5, 0.6) is 5.75 Å². The van der Waals surface area contributed by atoms with Gasteiger partial charge in [0.1, 0.15) is 11.9 Å². The Labute approximate surface area is 150 Å². The van der Waals surface area contributed by atoms with Crippen molar-refractivity contribution in [2.24, 2.45) is 5.73 Å². The van der Waals surface area contributed by atoms with Crippen molar-refractivity contribution in [3.05, 3.63) is 29.3 Å². The fourth-order valence-corrected chi connectivity index (χ4v) is 2.55. The topological polar surface area (TPSA) is 61.6 Å². The number of benzene rings is 1. The van der Waals surface area contributed by atoms with Crippen LogP contribution in [0.4, 0.5) is 0 Å². The summed E-state index contributed by atoms with van der Waals surface area (Å²) < 4.78 is 7.05. The third-order valence-electron chi connectivity index (χ3n) is 2.64. The van der Waals surface area contributed by atoms with Crippen molar-refractivity contribution >= 4 is 75.5 Å². The van der Waals surface area contributed by atoms with Crippen molar-refractivity contribution in [1.29, 1.82) is 0 Å². The van der Waals surface area contributed by atoms with Gasteiger partial charge in [0.05, 0.1) is 0 Å². The van der Waals surface area contributed by atoms with Crippen molar-refractivity contribution in [2.75, 3.05) is 0 Å². The molecule has 116 valence electrons. The van der Waals surface area contributed by atoms with E-state index in [9.17, 15) is 4.79 Å². The smallest absolute Gasteiger partial charge is 0.252 e. The minimum atomic E-state index is -1.89. The molecule has 2 atom stereocenters. The van der Waals surface area contributed by atoms with Crippen molar-refractivity contribution in [3.63, 3.8) is 0 Å². The van der Waals surface area contributed by atoms with Crippen LogP contribution in [0.25, 0.3) is 0 Å². The van der Waals surface area contributed by atoms with Crippen molar-refractivity contribution < 1.29 is 14.3 Å². The monoisotopic (exact) mass is 411 g/mol. The average Bonchev–Trinajstić information content (AvgIpc) is 2.34. The molecule has 0 aromatic heterocycles. The summed E-state index contributed by atoms with van der Waals surface area (Å²) in [6.07, 6.45) is -2.39. The normalized spacial score (nSPS) is 22.4. The highest BCUT2D eigenvalue weighted by atomic mass is 35.6. The minimum absolute atomic E-state index is 0.201. The van der Waals surface area contributed by atoms with Gasteiger partial charge in [-0.25, -0.2) is 0 Å². The van der Waals surface area contributed by atoms with Gasteiger partial charge in [0, 0.05) is 11.1 Å². The van der Waals surface area contributed by atoms with Gasteiger partial charge in [0.25, 0.3) is 3.79 Å². The second-order valence-electron chi connectivity index (χ2n) is 4.17. The number of fused-ring (bicyclic) bond motifs is 1. The molecular formula is C11H7Cl6NO3. The van der Waals surface area contributed by atoms with Crippen LogP contribution in [0.2, 0.25) is 0 Å². The lowest BCUT2D eigenvalue weighted by molar-refractivity contribution is -0.136. The van der Waals surface area contributed by atoms with E-state index in [-0.39, 0.29) is 11.3 Å². The number of hydrogen-bond acceptors (Lipinski definition) is 3. The number of rotatable bonds is 1. The van der Waals surface area contributed by atoms with Gasteiger partial charge in [0.15, 0.2) is 0 Å². The van der Waals surface area contributed by atoms with Gasteiger partial charge in [-0.05, 0) is 18.2 Å². The zero-order valence-corrected chi connectivity index (χ0v) is 14.5. The van der Waals surface area contributed by atoms with E-state index >= 15 is 0 Å². The SMILES string of the molecule is NC(=O)c1ccc2c(c1)C(C(Cl)(Cl)Cl)OC(C(Cl)(Cl)Cl)O2. The Bertz CT molecular complexity index is 568. The first-order chi connectivity index (χ1) is 9.50. The Morgan fingerprint density at radius 2 is 1.71 bits per heavy atom. The first-order valence-electron chi connectivity index (χ1n) is 5.39. The summed E-state index contributed by atoms with van der Waals surface area (Å²) in [7, 11) is 0. The molecule has 1 aliphatic rings. The van der Waals surface area contributed by atoms with Crippen molar-refractivity contribution in [1.82, 2.24) is 0 Å². The van der Waals surface area contributed by atoms with E-state index in [1.807, 2.05) is 0 Å². The van der Waals surface area contributed by atoms with Gasteiger partial charge in [0.2, 0.25) is 16.0 Å². The summed E-state index contributed by atoms with van der Waals surface area (Å²) in [6, 6.07) is 4.31. The Morgan fingerprint density at radius 3 is 2.19 bits per heavy atom. The fraction of sp³-hybridized carbons (Fsp3) is 0.364. The molecule has 2 N–H and O–H groups in total. The average molecular weight is 414 g/mol. The van der Waals surface area contributed by atoms with Gasteiger partial charge >= 0.3 is 0 Å². The molecule has 0 saturated carbocycles. The standard InChI is InChI=1S/C11H7Cl6NO3/c12-10(13,14)7-5-3-4(8(18)19)1-2-6(5)20-9(21-7)11(15,16)17/h1-3,7,9H,(H2,18,19). The molecule has 1 aromatic rings. The van der Waals surface area contributed by atoms with Crippen LogP contribution in [0, 0.1) is 0 Å². The van der Waals surface area contributed by atoms with Crippen LogP contribution in [-0.2, 0) is 4.74 Å². The first kappa shape index (κ1) is 17.5. The van der Waals surface area contributed by atoms with Crippen LogP contribution in [0.1, 0.15) is 22.0 Å². The summed E-state index contributed by atoms with van der Waals surface area (Å²) >= 11 is 34.9. The predicted molar refractivity (Wildman–Crippen MR) is 83.8 cm³/mol. The number of carbonyl (C=O) groups excluding carboxylic acids is 1. The highest BCUT2D eigenvalue weighted by molar-refractivity contribution is 6.68. The molecule has 1 amide bonds. The van der Waals surface area contributed by atoms with Crippen LogP contribution in [-0.4, -0.2) is 19.8 Å². The molecule has 1 aromatic carbocycles. The van der Waals surface area contributed by atoms with E-state index in [1.54, 1.807) is 0 Å². The number of carbonyl (C=O) groups is 1. The van der Waals surface area contributed by atoms with E-state index in [0.717, 1.165) is 0 Å². The van der Waals surface area contributed by atoms with E-state index in [1.165, 1.54) is 18.2 Å². The van der Waals surface area contributed by atoms with Crippen LogP contribution >= 0.6 is 69.6 Å². The zero-order chi connectivity index (χ0) is 16.0. The Hall–Kier alpha value is 0.190. The molecule has 21 heavy (non-hydrogen) atoms. The maximum atomic E-state index is 11.2. The van der Waals surface area contributed by atoms with Gasteiger partial charge in [-0.3, -0.25) is 4.79 Å². The highest BCUT2D eigenvalue weighted by Crippen LogP contribution is 2.51. The molecule has 0 saturated heterocycles. The molecule has 4 nitrogen and oxygen atoms in total. The number of hydrogen-bond donors (Lipinski definition) is 1. The van der Waals surface area contributed by atoms with Gasteiger partial charge in [-0.1, -0.05) is 69.6 Å². The number of amides is 1. The largest absolute Gasteiger partial charge is 0.460 e. The van der Waals surface area contributed by atoms with E-state index in [2.05, 4.69) is 0 Å². The molecule has 10 heteroatoms. The summed E-state index contributed by atoms with van der Waals surface area (Å²) in [5.41, 5.74) is 5.73. The zero-order valence-electron chi connectivity index (χ0n) is 9.96. The summed E-state index contributed by atoms with van der Waals surface area (Å²) in [4.78, 5) is 11.2. The number of alkyl halides is 6. The number of ether oxygens (including phenoxy) is 2. The quantitative estimate of drug-likeness (QED) is 0.698. The van der Waals surface area contributed by atoms with Gasteiger partial charge in [-0.15, -0.1) is 0 Å². The van der Waals surface area contributed by atoms with Crippen LogP contribution < -0.4 is 10.5 Å². The molecule has 0 aliphatic carbocycles. The maximum Gasteiger partial charge on any atom is 0.252 e. The fourth-order valence-electron chi connectivity index (χ4n) is 1.75. The number of primary amides is 1. The summed E-state index contributed by atoms with van der Waals surface area (Å²) in [6.45, 7) is 0. The Morgan fingerprint density at radius 1 is 1.10 bits per heavy atom. The number of nitrogens with two attached hydrogens (primary N) is 1. The second kappa shape index (κ2) is 6.00. The molecule has 2 unspecified atom stereocenters. The van der Waals surface area contributed by atoms with Crippen LogP contribution in [0.15, 0.2) is 18.2 Å². The molecule has 1 aliphatic heterocycles.